The Morgan fingerprint density at radius 1 is 1.00 bits per heavy atom. The number of rotatable bonds is 2. The van der Waals surface area contributed by atoms with Crippen LogP contribution in [0.2, 0.25) is 0 Å². The summed E-state index contributed by atoms with van der Waals surface area (Å²) in [5.41, 5.74) is 7.17. The SMILES string of the molecule is Cc1cc(Nc2ccccc2F)c(N)cc1F. The molecule has 2 rings (SSSR count). The van der Waals surface area contributed by atoms with Crippen molar-refractivity contribution in [1.29, 1.82) is 0 Å². The Balaban J connectivity index is 2.37. The summed E-state index contributed by atoms with van der Waals surface area (Å²) >= 11 is 0. The summed E-state index contributed by atoms with van der Waals surface area (Å²) in [5.74, 6) is -0.754. The first-order valence-corrected chi connectivity index (χ1v) is 5.15. The van der Waals surface area contributed by atoms with Crippen molar-refractivity contribution < 1.29 is 8.78 Å². The Morgan fingerprint density at radius 2 is 1.71 bits per heavy atom. The number of hydrogen-bond donors (Lipinski definition) is 2. The molecule has 17 heavy (non-hydrogen) atoms. The van der Waals surface area contributed by atoms with E-state index in [1.165, 1.54) is 12.1 Å². The number of nitrogen functional groups attached to an aromatic ring is 1. The molecule has 0 unspecified atom stereocenters. The number of benzene rings is 2. The van der Waals surface area contributed by atoms with E-state index in [1.807, 2.05) is 0 Å². The predicted molar refractivity (Wildman–Crippen MR) is 65.2 cm³/mol. The molecule has 0 aromatic heterocycles. The highest BCUT2D eigenvalue weighted by molar-refractivity contribution is 5.73. The molecular weight excluding hydrogens is 222 g/mol. The smallest absolute Gasteiger partial charge is 0.146 e. The summed E-state index contributed by atoms with van der Waals surface area (Å²) in [7, 11) is 0. The lowest BCUT2D eigenvalue weighted by Crippen LogP contribution is -2.00. The van der Waals surface area contributed by atoms with Gasteiger partial charge in [0.05, 0.1) is 17.1 Å². The van der Waals surface area contributed by atoms with Crippen LogP contribution in [0, 0.1) is 18.6 Å². The fourth-order valence-electron chi connectivity index (χ4n) is 1.51. The van der Waals surface area contributed by atoms with Gasteiger partial charge in [0.2, 0.25) is 0 Å². The minimum atomic E-state index is -0.381. The Hall–Kier alpha value is -2.10. The van der Waals surface area contributed by atoms with Gasteiger partial charge < -0.3 is 11.1 Å². The number of aryl methyl sites for hydroxylation is 1. The Morgan fingerprint density at radius 3 is 2.41 bits per heavy atom. The second-order valence-corrected chi connectivity index (χ2v) is 3.79. The molecule has 0 bridgehead atoms. The molecular formula is C13H12F2N2. The molecule has 0 heterocycles. The first kappa shape index (κ1) is 11.4. The Labute approximate surface area is 98.1 Å². The standard InChI is InChI=1S/C13H12F2N2/c1-8-6-13(11(16)7-10(8)15)17-12-5-3-2-4-9(12)14/h2-7,17H,16H2,1H3. The van der Waals surface area contributed by atoms with Gasteiger partial charge in [-0.2, -0.15) is 0 Å². The topological polar surface area (TPSA) is 38.0 Å². The third kappa shape index (κ3) is 2.36. The zero-order valence-electron chi connectivity index (χ0n) is 9.30. The quantitative estimate of drug-likeness (QED) is 0.779. The van der Waals surface area contributed by atoms with Crippen molar-refractivity contribution in [3.05, 3.63) is 53.6 Å². The predicted octanol–water partition coefficient (Wildman–Crippen LogP) is 3.60. The molecule has 4 heteroatoms. The molecule has 0 aliphatic rings. The number of anilines is 3. The highest BCUT2D eigenvalue weighted by atomic mass is 19.1. The zero-order valence-corrected chi connectivity index (χ0v) is 9.30. The van der Waals surface area contributed by atoms with Crippen molar-refractivity contribution in [3.63, 3.8) is 0 Å². The van der Waals surface area contributed by atoms with E-state index in [0.717, 1.165) is 0 Å². The van der Waals surface area contributed by atoms with Crippen molar-refractivity contribution in [2.24, 2.45) is 0 Å². The summed E-state index contributed by atoms with van der Waals surface area (Å²) in [5, 5.41) is 2.84. The summed E-state index contributed by atoms with van der Waals surface area (Å²) in [4.78, 5) is 0. The van der Waals surface area contributed by atoms with Gasteiger partial charge in [-0.1, -0.05) is 12.1 Å². The van der Waals surface area contributed by atoms with Crippen LogP contribution in [0.15, 0.2) is 36.4 Å². The molecule has 0 spiro atoms. The van der Waals surface area contributed by atoms with Gasteiger partial charge >= 0.3 is 0 Å². The van der Waals surface area contributed by atoms with Gasteiger partial charge in [0, 0.05) is 0 Å². The molecule has 0 aliphatic heterocycles. The lowest BCUT2D eigenvalue weighted by Gasteiger charge is -2.11. The molecule has 3 N–H and O–H groups in total. The minimum absolute atomic E-state index is 0.247. The monoisotopic (exact) mass is 234 g/mol. The van der Waals surface area contributed by atoms with E-state index in [4.69, 9.17) is 5.73 Å². The van der Waals surface area contributed by atoms with E-state index >= 15 is 0 Å². The maximum Gasteiger partial charge on any atom is 0.146 e. The van der Waals surface area contributed by atoms with Crippen molar-refractivity contribution in [1.82, 2.24) is 0 Å². The number of nitrogens with one attached hydrogen (secondary N) is 1. The number of hydrogen-bond acceptors (Lipinski definition) is 2. The number of halogens is 2. The molecule has 0 saturated heterocycles. The van der Waals surface area contributed by atoms with Crippen molar-refractivity contribution >= 4 is 17.1 Å². The van der Waals surface area contributed by atoms with Crippen LogP contribution < -0.4 is 11.1 Å². The largest absolute Gasteiger partial charge is 0.397 e. The van der Waals surface area contributed by atoms with Gasteiger partial charge in [-0.05, 0) is 36.8 Å². The van der Waals surface area contributed by atoms with E-state index in [1.54, 1.807) is 31.2 Å². The highest BCUT2D eigenvalue weighted by Crippen LogP contribution is 2.27. The fourth-order valence-corrected chi connectivity index (χ4v) is 1.51. The van der Waals surface area contributed by atoms with Crippen LogP contribution in [-0.2, 0) is 0 Å². The van der Waals surface area contributed by atoms with Crippen molar-refractivity contribution in [2.45, 2.75) is 6.92 Å². The van der Waals surface area contributed by atoms with Crippen LogP contribution in [0.25, 0.3) is 0 Å². The molecule has 0 fully saturated rings. The summed E-state index contributed by atoms with van der Waals surface area (Å²) in [6.07, 6.45) is 0. The van der Waals surface area contributed by atoms with Gasteiger partial charge in [0.15, 0.2) is 0 Å². The van der Waals surface area contributed by atoms with Crippen LogP contribution in [0.1, 0.15) is 5.56 Å². The summed E-state index contributed by atoms with van der Waals surface area (Å²) in [6, 6.07) is 9.01. The molecule has 2 aromatic rings. The maximum atomic E-state index is 13.4. The van der Waals surface area contributed by atoms with Gasteiger partial charge in [0.1, 0.15) is 11.6 Å². The number of para-hydroxylation sites is 1. The van der Waals surface area contributed by atoms with Gasteiger partial charge in [-0.15, -0.1) is 0 Å². The van der Waals surface area contributed by atoms with Crippen LogP contribution in [0.4, 0.5) is 25.8 Å². The van der Waals surface area contributed by atoms with Crippen LogP contribution in [0.5, 0.6) is 0 Å². The normalized spacial score (nSPS) is 10.3. The molecule has 0 amide bonds. The molecule has 88 valence electrons. The first-order valence-electron chi connectivity index (χ1n) is 5.15. The summed E-state index contributed by atoms with van der Waals surface area (Å²) in [6.45, 7) is 1.63. The van der Waals surface area contributed by atoms with Gasteiger partial charge in [0.25, 0.3) is 0 Å². The first-order chi connectivity index (χ1) is 8.08. The second-order valence-electron chi connectivity index (χ2n) is 3.79. The summed E-state index contributed by atoms with van der Waals surface area (Å²) < 4.78 is 26.6. The molecule has 2 aromatic carbocycles. The lowest BCUT2D eigenvalue weighted by atomic mass is 10.1. The van der Waals surface area contributed by atoms with Crippen LogP contribution in [-0.4, -0.2) is 0 Å². The molecule has 0 aliphatic carbocycles. The van der Waals surface area contributed by atoms with Crippen molar-refractivity contribution in [2.75, 3.05) is 11.1 Å². The van der Waals surface area contributed by atoms with E-state index < -0.39 is 0 Å². The minimum Gasteiger partial charge on any atom is -0.397 e. The highest BCUT2D eigenvalue weighted by Gasteiger charge is 2.07. The van der Waals surface area contributed by atoms with Gasteiger partial charge in [-0.3, -0.25) is 0 Å². The zero-order chi connectivity index (χ0) is 12.4. The molecule has 0 radical (unpaired) electrons. The Kier molecular flexibility index (Phi) is 2.95. The third-order valence-corrected chi connectivity index (χ3v) is 2.47. The fraction of sp³-hybridized carbons (Fsp3) is 0.0769. The van der Waals surface area contributed by atoms with Crippen molar-refractivity contribution in [3.8, 4) is 0 Å². The third-order valence-electron chi connectivity index (χ3n) is 2.47. The second kappa shape index (κ2) is 4.41. The van der Waals surface area contributed by atoms with Gasteiger partial charge in [-0.25, -0.2) is 8.78 Å². The van der Waals surface area contributed by atoms with Crippen LogP contribution >= 0.6 is 0 Å². The average Bonchev–Trinajstić information content (AvgIpc) is 2.29. The van der Waals surface area contributed by atoms with E-state index in [9.17, 15) is 8.78 Å². The Bertz CT molecular complexity index is 553. The molecule has 0 atom stereocenters. The van der Waals surface area contributed by atoms with E-state index in [2.05, 4.69) is 5.32 Å². The van der Waals surface area contributed by atoms with E-state index in [-0.39, 0.29) is 17.3 Å². The maximum absolute atomic E-state index is 13.4. The number of nitrogens with two attached hydrogens (primary N) is 1. The molecule has 2 nitrogen and oxygen atoms in total. The average molecular weight is 234 g/mol. The van der Waals surface area contributed by atoms with Crippen LogP contribution in [0.3, 0.4) is 0 Å². The van der Waals surface area contributed by atoms with E-state index in [0.29, 0.717) is 16.9 Å². The lowest BCUT2D eigenvalue weighted by molar-refractivity contribution is 0.619. The molecule has 0 saturated carbocycles.